The summed E-state index contributed by atoms with van der Waals surface area (Å²) >= 11 is 0. The van der Waals surface area contributed by atoms with Crippen LogP contribution in [0.15, 0.2) is 47.4 Å². The quantitative estimate of drug-likeness (QED) is 0.670. The maximum Gasteiger partial charge on any atom is 0.338 e. The Balaban J connectivity index is 2.41. The number of methoxy groups -OCH3 is 1. The average Bonchev–Trinajstić information content (AvgIpc) is 2.67. The first-order chi connectivity index (χ1) is 13.3. The van der Waals surface area contributed by atoms with Gasteiger partial charge in [0.2, 0.25) is 0 Å². The summed E-state index contributed by atoms with van der Waals surface area (Å²) in [4.78, 5) is 24.1. The minimum absolute atomic E-state index is 0.00692. The van der Waals surface area contributed by atoms with Crippen molar-refractivity contribution in [3.63, 3.8) is 0 Å². The summed E-state index contributed by atoms with van der Waals surface area (Å²) in [5, 5.41) is 0. The molecular formula is C19H21NO7S. The number of rotatable bonds is 8. The van der Waals surface area contributed by atoms with Crippen LogP contribution < -0.4 is 9.46 Å². The van der Waals surface area contributed by atoms with E-state index in [0.717, 1.165) is 0 Å². The maximum atomic E-state index is 12.6. The molecule has 2 aromatic carbocycles. The fourth-order valence-corrected chi connectivity index (χ4v) is 3.36. The summed E-state index contributed by atoms with van der Waals surface area (Å²) in [5.41, 5.74) is 0.0871. The van der Waals surface area contributed by atoms with E-state index >= 15 is 0 Å². The lowest BCUT2D eigenvalue weighted by atomic mass is 10.1. The Hall–Kier alpha value is -3.07. The SMILES string of the molecule is CCOC(=O)c1cc(NS(=O)(=O)c2ccc(OC)cc2)cc(C(=O)OCC)c1. The summed E-state index contributed by atoms with van der Waals surface area (Å²) in [5.74, 6) is -0.857. The van der Waals surface area contributed by atoms with Crippen molar-refractivity contribution in [3.8, 4) is 5.75 Å². The lowest BCUT2D eigenvalue weighted by Gasteiger charge is -2.12. The van der Waals surface area contributed by atoms with Crippen LogP contribution in [0.25, 0.3) is 0 Å². The van der Waals surface area contributed by atoms with Crippen LogP contribution in [-0.2, 0) is 19.5 Å². The van der Waals surface area contributed by atoms with E-state index in [1.165, 1.54) is 49.6 Å². The standard InChI is InChI=1S/C19H21NO7S/c1-4-26-18(21)13-10-14(19(22)27-5-2)12-15(11-13)20-28(23,24)17-8-6-16(25-3)7-9-17/h6-12,20H,4-5H2,1-3H3. The molecule has 9 heteroatoms. The molecule has 0 saturated carbocycles. The van der Waals surface area contributed by atoms with E-state index in [4.69, 9.17) is 14.2 Å². The number of esters is 2. The molecule has 1 N–H and O–H groups in total. The van der Waals surface area contributed by atoms with Gasteiger partial charge in [0.05, 0.1) is 42.0 Å². The zero-order valence-corrected chi connectivity index (χ0v) is 16.5. The fourth-order valence-electron chi connectivity index (χ4n) is 2.32. The number of hydrogen-bond acceptors (Lipinski definition) is 7. The predicted octanol–water partition coefficient (Wildman–Crippen LogP) is 2.85. The molecule has 0 saturated heterocycles. The topological polar surface area (TPSA) is 108 Å². The molecule has 2 aromatic rings. The van der Waals surface area contributed by atoms with Crippen molar-refractivity contribution in [2.45, 2.75) is 18.7 Å². The molecule has 28 heavy (non-hydrogen) atoms. The highest BCUT2D eigenvalue weighted by molar-refractivity contribution is 7.92. The van der Waals surface area contributed by atoms with Gasteiger partial charge in [-0.1, -0.05) is 0 Å². The Morgan fingerprint density at radius 2 is 1.39 bits per heavy atom. The molecule has 0 aliphatic rings. The molecule has 2 rings (SSSR count). The first kappa shape index (κ1) is 21.2. The monoisotopic (exact) mass is 407 g/mol. The smallest absolute Gasteiger partial charge is 0.338 e. The summed E-state index contributed by atoms with van der Waals surface area (Å²) in [6.07, 6.45) is 0. The van der Waals surface area contributed by atoms with Gasteiger partial charge in [-0.2, -0.15) is 0 Å². The second-order valence-corrected chi connectivity index (χ2v) is 7.20. The largest absolute Gasteiger partial charge is 0.497 e. The van der Waals surface area contributed by atoms with Crippen molar-refractivity contribution in [1.29, 1.82) is 0 Å². The highest BCUT2D eigenvalue weighted by Crippen LogP contribution is 2.22. The second-order valence-electron chi connectivity index (χ2n) is 5.52. The first-order valence-electron chi connectivity index (χ1n) is 8.47. The number of carbonyl (C=O) groups excluding carboxylic acids is 2. The third kappa shape index (κ3) is 5.23. The molecule has 150 valence electrons. The normalized spacial score (nSPS) is 10.8. The van der Waals surface area contributed by atoms with Crippen LogP contribution in [0.4, 0.5) is 5.69 Å². The third-order valence-corrected chi connectivity index (χ3v) is 4.97. The molecule has 0 aliphatic heterocycles. The molecule has 0 atom stereocenters. The van der Waals surface area contributed by atoms with Crippen molar-refractivity contribution in [2.24, 2.45) is 0 Å². The summed E-state index contributed by atoms with van der Waals surface area (Å²) < 4.78 is 42.5. The minimum Gasteiger partial charge on any atom is -0.497 e. The zero-order valence-electron chi connectivity index (χ0n) is 15.7. The molecule has 0 amide bonds. The minimum atomic E-state index is -3.96. The summed E-state index contributed by atoms with van der Waals surface area (Å²) in [6.45, 7) is 3.55. The fraction of sp³-hybridized carbons (Fsp3) is 0.263. The Kier molecular flexibility index (Phi) is 7.00. The Morgan fingerprint density at radius 3 is 1.82 bits per heavy atom. The molecule has 0 heterocycles. The molecule has 0 aliphatic carbocycles. The van der Waals surface area contributed by atoms with Crippen LogP contribution in [-0.4, -0.2) is 40.7 Å². The Bertz CT molecular complexity index is 916. The number of carbonyl (C=O) groups is 2. The van der Waals surface area contributed by atoms with E-state index in [1.807, 2.05) is 0 Å². The van der Waals surface area contributed by atoms with E-state index < -0.39 is 22.0 Å². The van der Waals surface area contributed by atoms with Crippen molar-refractivity contribution >= 4 is 27.6 Å². The number of benzene rings is 2. The third-order valence-electron chi connectivity index (χ3n) is 3.58. The van der Waals surface area contributed by atoms with Gasteiger partial charge in [-0.15, -0.1) is 0 Å². The van der Waals surface area contributed by atoms with Gasteiger partial charge in [0.15, 0.2) is 0 Å². The van der Waals surface area contributed by atoms with E-state index in [-0.39, 0.29) is 34.9 Å². The second kappa shape index (κ2) is 9.23. The molecule has 0 fully saturated rings. The van der Waals surface area contributed by atoms with Gasteiger partial charge < -0.3 is 14.2 Å². The van der Waals surface area contributed by atoms with Crippen LogP contribution in [0.2, 0.25) is 0 Å². The maximum absolute atomic E-state index is 12.6. The van der Waals surface area contributed by atoms with E-state index in [2.05, 4.69) is 4.72 Å². The van der Waals surface area contributed by atoms with E-state index in [1.54, 1.807) is 13.8 Å². The zero-order chi connectivity index (χ0) is 20.7. The summed E-state index contributed by atoms with van der Waals surface area (Å²) in [7, 11) is -2.49. The molecule has 0 radical (unpaired) electrons. The Morgan fingerprint density at radius 1 is 0.893 bits per heavy atom. The molecule has 8 nitrogen and oxygen atoms in total. The number of sulfonamides is 1. The highest BCUT2D eigenvalue weighted by atomic mass is 32.2. The van der Waals surface area contributed by atoms with E-state index in [9.17, 15) is 18.0 Å². The number of ether oxygens (including phenoxy) is 3. The molecule has 0 unspecified atom stereocenters. The van der Waals surface area contributed by atoms with Crippen LogP contribution in [0.1, 0.15) is 34.6 Å². The van der Waals surface area contributed by atoms with Crippen LogP contribution in [0.5, 0.6) is 5.75 Å². The van der Waals surface area contributed by atoms with Gasteiger partial charge in [0, 0.05) is 0 Å². The van der Waals surface area contributed by atoms with Gasteiger partial charge in [-0.25, -0.2) is 18.0 Å². The van der Waals surface area contributed by atoms with Crippen LogP contribution >= 0.6 is 0 Å². The Labute approximate surface area is 163 Å². The van der Waals surface area contributed by atoms with Crippen LogP contribution in [0, 0.1) is 0 Å². The van der Waals surface area contributed by atoms with Crippen molar-refractivity contribution in [2.75, 3.05) is 25.0 Å². The van der Waals surface area contributed by atoms with Gasteiger partial charge in [-0.3, -0.25) is 4.72 Å². The predicted molar refractivity (Wildman–Crippen MR) is 102 cm³/mol. The average molecular weight is 407 g/mol. The molecule has 0 spiro atoms. The van der Waals surface area contributed by atoms with E-state index in [0.29, 0.717) is 5.75 Å². The number of anilines is 1. The number of hydrogen-bond donors (Lipinski definition) is 1. The molecular weight excluding hydrogens is 386 g/mol. The highest BCUT2D eigenvalue weighted by Gasteiger charge is 2.19. The van der Waals surface area contributed by atoms with Crippen molar-refractivity contribution in [3.05, 3.63) is 53.6 Å². The number of nitrogens with one attached hydrogen (secondary N) is 1. The first-order valence-corrected chi connectivity index (χ1v) is 9.95. The summed E-state index contributed by atoms with van der Waals surface area (Å²) in [6, 6.07) is 9.65. The molecule has 0 aromatic heterocycles. The lowest BCUT2D eigenvalue weighted by Crippen LogP contribution is -2.15. The van der Waals surface area contributed by atoms with Crippen LogP contribution in [0.3, 0.4) is 0 Å². The van der Waals surface area contributed by atoms with Gasteiger partial charge in [0.1, 0.15) is 5.75 Å². The van der Waals surface area contributed by atoms with Crippen molar-refractivity contribution in [1.82, 2.24) is 0 Å². The van der Waals surface area contributed by atoms with Gasteiger partial charge in [0.25, 0.3) is 10.0 Å². The van der Waals surface area contributed by atoms with Gasteiger partial charge in [-0.05, 0) is 56.3 Å². The molecule has 0 bridgehead atoms. The van der Waals surface area contributed by atoms with Crippen molar-refractivity contribution < 1.29 is 32.2 Å². The van der Waals surface area contributed by atoms with Gasteiger partial charge >= 0.3 is 11.9 Å². The lowest BCUT2D eigenvalue weighted by molar-refractivity contribution is 0.0525.